The summed E-state index contributed by atoms with van der Waals surface area (Å²) in [7, 11) is 0. The van der Waals surface area contributed by atoms with Gasteiger partial charge in [-0.25, -0.2) is 4.79 Å². The molecular weight excluding hydrogens is 132 g/mol. The molecule has 1 aliphatic carbocycles. The third kappa shape index (κ3) is 1.88. The minimum absolute atomic E-state index is 0.0347. The van der Waals surface area contributed by atoms with E-state index in [1.807, 2.05) is 0 Å². The van der Waals surface area contributed by atoms with Crippen LogP contribution in [-0.2, 0) is 4.74 Å². The average molecular weight is 144 g/mol. The zero-order valence-corrected chi connectivity index (χ0v) is 5.75. The van der Waals surface area contributed by atoms with Crippen LogP contribution in [0.15, 0.2) is 0 Å². The van der Waals surface area contributed by atoms with E-state index < -0.39 is 6.09 Å². The number of hydrogen-bond acceptors (Lipinski definition) is 3. The largest absolute Gasteiger partial charge is 0.446 e. The van der Waals surface area contributed by atoms with E-state index in [0.717, 1.165) is 19.3 Å². The van der Waals surface area contributed by atoms with Gasteiger partial charge in [0.25, 0.3) is 0 Å². The molecule has 0 heterocycles. The molecule has 4 N–H and O–H groups in total. The minimum Gasteiger partial charge on any atom is -0.446 e. The second kappa shape index (κ2) is 2.88. The Morgan fingerprint density at radius 1 is 1.50 bits per heavy atom. The summed E-state index contributed by atoms with van der Waals surface area (Å²) in [5.41, 5.74) is 10.4. The highest BCUT2D eigenvalue weighted by atomic mass is 16.6. The van der Waals surface area contributed by atoms with E-state index in [1.54, 1.807) is 0 Å². The Bertz CT molecular complexity index is 138. The Morgan fingerprint density at radius 2 is 2.20 bits per heavy atom. The van der Waals surface area contributed by atoms with Gasteiger partial charge in [0, 0.05) is 6.04 Å². The molecule has 2 atom stereocenters. The van der Waals surface area contributed by atoms with Gasteiger partial charge in [-0.1, -0.05) is 0 Å². The van der Waals surface area contributed by atoms with E-state index in [4.69, 9.17) is 16.2 Å². The molecule has 1 amide bonds. The fraction of sp³-hybridized carbons (Fsp3) is 0.833. The summed E-state index contributed by atoms with van der Waals surface area (Å²) in [4.78, 5) is 10.2. The van der Waals surface area contributed by atoms with E-state index in [0.29, 0.717) is 0 Å². The molecule has 0 unspecified atom stereocenters. The van der Waals surface area contributed by atoms with E-state index in [9.17, 15) is 4.79 Å². The molecule has 0 aliphatic heterocycles. The maximum absolute atomic E-state index is 10.2. The molecule has 0 aromatic heterocycles. The lowest BCUT2D eigenvalue weighted by Crippen LogP contribution is -2.22. The fourth-order valence-electron chi connectivity index (χ4n) is 1.24. The summed E-state index contributed by atoms with van der Waals surface area (Å²) in [6, 6.07) is 0.185. The van der Waals surface area contributed by atoms with Crippen LogP contribution in [0, 0.1) is 0 Å². The number of ether oxygens (including phenoxy) is 1. The molecule has 1 aliphatic rings. The van der Waals surface area contributed by atoms with Crippen LogP contribution in [0.5, 0.6) is 0 Å². The molecule has 0 bridgehead atoms. The molecule has 0 aromatic rings. The number of carbonyl (C=O) groups excluding carboxylic acids is 1. The first kappa shape index (κ1) is 7.34. The Morgan fingerprint density at radius 3 is 2.60 bits per heavy atom. The molecule has 4 nitrogen and oxygen atoms in total. The third-order valence-electron chi connectivity index (χ3n) is 1.71. The number of carbonyl (C=O) groups is 1. The van der Waals surface area contributed by atoms with Gasteiger partial charge in [0.1, 0.15) is 6.10 Å². The van der Waals surface area contributed by atoms with Crippen molar-refractivity contribution in [3.63, 3.8) is 0 Å². The van der Waals surface area contributed by atoms with Gasteiger partial charge < -0.3 is 16.2 Å². The lowest BCUT2D eigenvalue weighted by Gasteiger charge is -2.07. The number of hydrogen-bond donors (Lipinski definition) is 2. The van der Waals surface area contributed by atoms with Crippen LogP contribution >= 0.6 is 0 Å². The van der Waals surface area contributed by atoms with Crippen molar-refractivity contribution in [2.45, 2.75) is 31.4 Å². The highest BCUT2D eigenvalue weighted by Crippen LogP contribution is 2.19. The normalized spacial score (nSPS) is 32.1. The molecule has 4 heteroatoms. The zero-order chi connectivity index (χ0) is 7.56. The van der Waals surface area contributed by atoms with Crippen molar-refractivity contribution < 1.29 is 9.53 Å². The van der Waals surface area contributed by atoms with Crippen LogP contribution in [0.1, 0.15) is 19.3 Å². The Hall–Kier alpha value is -0.770. The molecule has 0 aromatic carbocycles. The van der Waals surface area contributed by atoms with Gasteiger partial charge >= 0.3 is 6.09 Å². The van der Waals surface area contributed by atoms with Gasteiger partial charge in [-0.15, -0.1) is 0 Å². The summed E-state index contributed by atoms with van der Waals surface area (Å²) in [6.07, 6.45) is 1.80. The first-order valence-electron chi connectivity index (χ1n) is 3.40. The molecule has 10 heavy (non-hydrogen) atoms. The van der Waals surface area contributed by atoms with Gasteiger partial charge in [0.2, 0.25) is 0 Å². The van der Waals surface area contributed by atoms with Crippen molar-refractivity contribution in [1.29, 1.82) is 0 Å². The highest BCUT2D eigenvalue weighted by molar-refractivity contribution is 5.64. The fourth-order valence-corrected chi connectivity index (χ4v) is 1.24. The summed E-state index contributed by atoms with van der Waals surface area (Å²) in [5.74, 6) is 0. The predicted octanol–water partition coefficient (Wildman–Crippen LogP) is -0.0385. The second-order valence-corrected chi connectivity index (χ2v) is 2.63. The molecule has 1 fully saturated rings. The highest BCUT2D eigenvalue weighted by Gasteiger charge is 2.23. The van der Waals surface area contributed by atoms with Gasteiger partial charge in [0.05, 0.1) is 0 Å². The van der Waals surface area contributed by atoms with Crippen molar-refractivity contribution in [3.8, 4) is 0 Å². The smallest absolute Gasteiger partial charge is 0.404 e. The lowest BCUT2D eigenvalue weighted by molar-refractivity contribution is 0.109. The van der Waals surface area contributed by atoms with Crippen LogP contribution in [0.25, 0.3) is 0 Å². The lowest BCUT2D eigenvalue weighted by atomic mass is 10.3. The molecule has 0 radical (unpaired) electrons. The van der Waals surface area contributed by atoms with Crippen LogP contribution in [0.4, 0.5) is 4.79 Å². The monoisotopic (exact) mass is 144 g/mol. The predicted molar refractivity (Wildman–Crippen MR) is 36.3 cm³/mol. The molecule has 0 spiro atoms. The molecule has 1 rings (SSSR count). The summed E-state index contributed by atoms with van der Waals surface area (Å²) < 4.78 is 4.74. The van der Waals surface area contributed by atoms with Crippen molar-refractivity contribution in [3.05, 3.63) is 0 Å². The minimum atomic E-state index is -0.695. The first-order valence-corrected chi connectivity index (χ1v) is 3.40. The maximum Gasteiger partial charge on any atom is 0.404 e. The molecule has 0 saturated heterocycles. The Labute approximate surface area is 59.5 Å². The van der Waals surface area contributed by atoms with Crippen LogP contribution in [0.3, 0.4) is 0 Å². The Balaban J connectivity index is 2.24. The maximum atomic E-state index is 10.2. The summed E-state index contributed by atoms with van der Waals surface area (Å²) in [6.45, 7) is 0. The Kier molecular flexibility index (Phi) is 2.11. The van der Waals surface area contributed by atoms with Gasteiger partial charge in [0.15, 0.2) is 0 Å². The van der Waals surface area contributed by atoms with E-state index in [1.165, 1.54) is 0 Å². The SMILES string of the molecule is NC(=O)O[C@H]1CC[C@H](N)C1. The summed E-state index contributed by atoms with van der Waals surface area (Å²) in [5, 5.41) is 0. The van der Waals surface area contributed by atoms with E-state index in [-0.39, 0.29) is 12.1 Å². The summed E-state index contributed by atoms with van der Waals surface area (Å²) >= 11 is 0. The number of primary amides is 1. The zero-order valence-electron chi connectivity index (χ0n) is 5.75. The van der Waals surface area contributed by atoms with Crippen molar-refractivity contribution in [1.82, 2.24) is 0 Å². The van der Waals surface area contributed by atoms with E-state index in [2.05, 4.69) is 0 Å². The number of nitrogens with two attached hydrogens (primary N) is 2. The molecule has 58 valence electrons. The third-order valence-corrected chi connectivity index (χ3v) is 1.71. The number of rotatable bonds is 1. The van der Waals surface area contributed by atoms with Gasteiger partial charge in [-0.3, -0.25) is 0 Å². The number of amides is 1. The van der Waals surface area contributed by atoms with Gasteiger partial charge in [-0.05, 0) is 19.3 Å². The molecular formula is C6H12N2O2. The standard InChI is InChI=1S/C6H12N2O2/c7-4-1-2-5(3-4)10-6(8)9/h4-5H,1-3,7H2,(H2,8,9)/t4-,5-/m0/s1. The quantitative estimate of drug-likeness (QED) is 0.542. The molecule has 1 saturated carbocycles. The van der Waals surface area contributed by atoms with Crippen LogP contribution in [-0.4, -0.2) is 18.2 Å². The topological polar surface area (TPSA) is 78.3 Å². The van der Waals surface area contributed by atoms with Crippen LogP contribution < -0.4 is 11.5 Å². The second-order valence-electron chi connectivity index (χ2n) is 2.63. The van der Waals surface area contributed by atoms with Crippen molar-refractivity contribution in [2.75, 3.05) is 0 Å². The van der Waals surface area contributed by atoms with Crippen LogP contribution in [0.2, 0.25) is 0 Å². The van der Waals surface area contributed by atoms with E-state index >= 15 is 0 Å². The average Bonchev–Trinajstić information content (AvgIpc) is 2.13. The first-order chi connectivity index (χ1) is 4.68. The van der Waals surface area contributed by atoms with Gasteiger partial charge in [-0.2, -0.15) is 0 Å². The van der Waals surface area contributed by atoms with Crippen molar-refractivity contribution in [2.24, 2.45) is 11.5 Å². The van der Waals surface area contributed by atoms with Crippen molar-refractivity contribution >= 4 is 6.09 Å².